The van der Waals surface area contributed by atoms with E-state index >= 15 is 0 Å². The lowest BCUT2D eigenvalue weighted by molar-refractivity contribution is 0.313. The number of aromatic nitrogens is 4. The summed E-state index contributed by atoms with van der Waals surface area (Å²) in [5, 5.41) is 12.4. The summed E-state index contributed by atoms with van der Waals surface area (Å²) in [4.78, 5) is 2.09. The van der Waals surface area contributed by atoms with Gasteiger partial charge < -0.3 is 9.47 Å². The van der Waals surface area contributed by atoms with Crippen LogP contribution in [0.5, 0.6) is 11.5 Å². The number of nitrogens with zero attached hydrogens (tertiary/aromatic N) is 5. The Labute approximate surface area is 159 Å². The number of ether oxygens (including phenoxy) is 2. The van der Waals surface area contributed by atoms with Crippen molar-refractivity contribution in [2.24, 2.45) is 0 Å². The van der Waals surface area contributed by atoms with Crippen molar-refractivity contribution in [2.75, 3.05) is 28.3 Å². The molecule has 1 unspecified atom stereocenters. The lowest BCUT2D eigenvalue weighted by Gasteiger charge is -2.24. The third-order valence-corrected chi connectivity index (χ3v) is 4.50. The van der Waals surface area contributed by atoms with Crippen LogP contribution in [0.1, 0.15) is 23.0 Å². The Hall–Kier alpha value is -2.93. The van der Waals surface area contributed by atoms with Crippen LogP contribution in [0.2, 0.25) is 0 Å². The van der Waals surface area contributed by atoms with E-state index in [9.17, 15) is 0 Å². The van der Waals surface area contributed by atoms with Crippen LogP contribution in [0.3, 0.4) is 0 Å². The van der Waals surface area contributed by atoms with E-state index in [4.69, 9.17) is 9.47 Å². The highest BCUT2D eigenvalue weighted by Gasteiger charge is 2.24. The number of tetrazole rings is 1. The summed E-state index contributed by atoms with van der Waals surface area (Å²) >= 11 is 0. The Morgan fingerprint density at radius 2 is 1.74 bits per heavy atom. The molecule has 3 rings (SSSR count). The molecule has 0 bridgehead atoms. The fourth-order valence-electron chi connectivity index (χ4n) is 3.15. The molecule has 0 saturated heterocycles. The molecule has 0 radical (unpaired) electrons. The molecule has 0 aliphatic rings. The minimum absolute atomic E-state index is 0.101. The molecule has 142 valence electrons. The lowest BCUT2D eigenvalue weighted by Crippen LogP contribution is -2.25. The predicted molar refractivity (Wildman–Crippen MR) is 103 cm³/mol. The minimum atomic E-state index is -0.101. The van der Waals surface area contributed by atoms with Crippen LogP contribution in [0.25, 0.3) is 0 Å². The number of rotatable bonds is 8. The fourth-order valence-corrected chi connectivity index (χ4v) is 3.15. The van der Waals surface area contributed by atoms with Crippen LogP contribution in [0.4, 0.5) is 0 Å². The zero-order valence-electron chi connectivity index (χ0n) is 16.2. The van der Waals surface area contributed by atoms with Gasteiger partial charge in [-0.2, -0.15) is 0 Å². The Morgan fingerprint density at radius 1 is 1.00 bits per heavy atom. The largest absolute Gasteiger partial charge is 0.493 e. The first-order chi connectivity index (χ1) is 13.1. The van der Waals surface area contributed by atoms with Gasteiger partial charge in [0.05, 0.1) is 20.3 Å². The second-order valence-electron chi connectivity index (χ2n) is 6.48. The number of aryl methyl sites for hydroxylation is 2. The summed E-state index contributed by atoms with van der Waals surface area (Å²) in [5.74, 6) is 2.18. The Kier molecular flexibility index (Phi) is 6.03. The molecule has 7 heteroatoms. The number of hydrogen-bond donors (Lipinski definition) is 0. The molecule has 0 N–H and O–H groups in total. The molecule has 0 amide bonds. The van der Waals surface area contributed by atoms with Crippen molar-refractivity contribution in [2.45, 2.75) is 19.0 Å². The second-order valence-corrected chi connectivity index (χ2v) is 6.48. The Bertz CT molecular complexity index is 864. The molecule has 0 saturated carbocycles. The first kappa shape index (κ1) is 18.8. The summed E-state index contributed by atoms with van der Waals surface area (Å²) in [6.45, 7) is 0.712. The quantitative estimate of drug-likeness (QED) is 0.610. The molecule has 0 aliphatic heterocycles. The zero-order chi connectivity index (χ0) is 19.2. The zero-order valence-corrected chi connectivity index (χ0v) is 16.2. The van der Waals surface area contributed by atoms with Crippen LogP contribution >= 0.6 is 0 Å². The molecule has 3 aromatic rings. The summed E-state index contributed by atoms with van der Waals surface area (Å²) < 4.78 is 12.7. The maximum Gasteiger partial charge on any atom is 0.173 e. The third-order valence-electron chi connectivity index (χ3n) is 4.50. The van der Waals surface area contributed by atoms with Crippen LogP contribution in [-0.4, -0.2) is 53.4 Å². The van der Waals surface area contributed by atoms with Crippen LogP contribution in [0.15, 0.2) is 48.5 Å². The highest BCUT2D eigenvalue weighted by molar-refractivity contribution is 5.44. The summed E-state index contributed by atoms with van der Waals surface area (Å²) in [6.07, 6.45) is 0.866. The van der Waals surface area contributed by atoms with E-state index in [1.165, 1.54) is 5.56 Å². The maximum atomic E-state index is 5.46. The first-order valence-corrected chi connectivity index (χ1v) is 8.82. The van der Waals surface area contributed by atoms with Gasteiger partial charge in [0.15, 0.2) is 17.3 Å². The smallest absolute Gasteiger partial charge is 0.173 e. The standard InChI is InChI=1S/C20H25N5O2/c1-24(2)19(16-10-11-17(26-3)18(14-16)27-4)20-21-22-23-25(20)13-12-15-8-6-5-7-9-15/h5-11,14,19H,12-13H2,1-4H3. The average molecular weight is 367 g/mol. The third kappa shape index (κ3) is 4.25. The van der Waals surface area contributed by atoms with E-state index in [1.807, 2.05) is 55.2 Å². The van der Waals surface area contributed by atoms with E-state index in [0.29, 0.717) is 18.0 Å². The molecular formula is C20H25N5O2. The monoisotopic (exact) mass is 367 g/mol. The Balaban J connectivity index is 1.89. The molecule has 2 aromatic carbocycles. The minimum Gasteiger partial charge on any atom is -0.493 e. The molecular weight excluding hydrogens is 342 g/mol. The molecule has 1 aromatic heterocycles. The molecule has 7 nitrogen and oxygen atoms in total. The molecule has 27 heavy (non-hydrogen) atoms. The summed E-state index contributed by atoms with van der Waals surface area (Å²) in [5.41, 5.74) is 2.29. The van der Waals surface area contributed by atoms with E-state index in [1.54, 1.807) is 14.2 Å². The predicted octanol–water partition coefficient (Wildman–Crippen LogP) is 2.58. The molecule has 1 atom stereocenters. The SMILES string of the molecule is COc1ccc(C(c2nnnn2CCc2ccccc2)N(C)C)cc1OC. The van der Waals surface area contributed by atoms with Crippen molar-refractivity contribution in [1.29, 1.82) is 0 Å². The Morgan fingerprint density at radius 3 is 2.41 bits per heavy atom. The molecule has 1 heterocycles. The number of hydrogen-bond acceptors (Lipinski definition) is 6. The van der Waals surface area contributed by atoms with E-state index < -0.39 is 0 Å². The van der Waals surface area contributed by atoms with Crippen LogP contribution < -0.4 is 9.47 Å². The van der Waals surface area contributed by atoms with Crippen LogP contribution in [-0.2, 0) is 13.0 Å². The average Bonchev–Trinajstić information content (AvgIpc) is 3.15. The van der Waals surface area contributed by atoms with Gasteiger partial charge in [0.1, 0.15) is 0 Å². The van der Waals surface area contributed by atoms with E-state index in [-0.39, 0.29) is 6.04 Å². The molecule has 0 aliphatic carbocycles. The van der Waals surface area contributed by atoms with Gasteiger partial charge in [0.25, 0.3) is 0 Å². The second kappa shape index (κ2) is 8.64. The van der Waals surface area contributed by atoms with Gasteiger partial charge in [-0.15, -0.1) is 5.10 Å². The number of benzene rings is 2. The number of methoxy groups -OCH3 is 2. The van der Waals surface area contributed by atoms with Crippen molar-refractivity contribution in [3.8, 4) is 11.5 Å². The fraction of sp³-hybridized carbons (Fsp3) is 0.350. The van der Waals surface area contributed by atoms with Crippen molar-refractivity contribution in [1.82, 2.24) is 25.1 Å². The van der Waals surface area contributed by atoms with Gasteiger partial charge in [-0.1, -0.05) is 36.4 Å². The lowest BCUT2D eigenvalue weighted by atomic mass is 10.0. The highest BCUT2D eigenvalue weighted by Crippen LogP contribution is 2.33. The van der Waals surface area contributed by atoms with Gasteiger partial charge in [-0.3, -0.25) is 4.90 Å². The van der Waals surface area contributed by atoms with E-state index in [0.717, 1.165) is 17.8 Å². The van der Waals surface area contributed by atoms with Gasteiger partial charge in [0.2, 0.25) is 0 Å². The van der Waals surface area contributed by atoms with E-state index in [2.05, 4.69) is 32.6 Å². The summed E-state index contributed by atoms with van der Waals surface area (Å²) in [7, 11) is 7.29. The normalized spacial score (nSPS) is 12.2. The van der Waals surface area contributed by atoms with Crippen molar-refractivity contribution >= 4 is 0 Å². The molecule has 0 spiro atoms. The van der Waals surface area contributed by atoms with Gasteiger partial charge in [-0.25, -0.2) is 4.68 Å². The van der Waals surface area contributed by atoms with Crippen molar-refractivity contribution < 1.29 is 9.47 Å². The van der Waals surface area contributed by atoms with Gasteiger partial charge in [-0.05, 0) is 54.2 Å². The van der Waals surface area contributed by atoms with Crippen molar-refractivity contribution in [3.63, 3.8) is 0 Å². The maximum absolute atomic E-state index is 5.46. The van der Waals surface area contributed by atoms with Gasteiger partial charge >= 0.3 is 0 Å². The first-order valence-electron chi connectivity index (χ1n) is 8.82. The molecule has 0 fully saturated rings. The van der Waals surface area contributed by atoms with Crippen LogP contribution in [0, 0.1) is 0 Å². The van der Waals surface area contributed by atoms with Gasteiger partial charge in [0, 0.05) is 6.54 Å². The topological polar surface area (TPSA) is 65.3 Å². The summed E-state index contributed by atoms with van der Waals surface area (Å²) in [6, 6.07) is 16.1. The highest BCUT2D eigenvalue weighted by atomic mass is 16.5. The van der Waals surface area contributed by atoms with Crippen molar-refractivity contribution in [3.05, 3.63) is 65.5 Å².